The third kappa shape index (κ3) is 2.56. The maximum atomic E-state index is 12.6. The molecule has 0 bridgehead atoms. The molecular formula is C16H14N2O2S. The number of nitrogens with zero attached hydrogens (tertiary/aromatic N) is 2. The molecule has 0 radical (unpaired) electrons. The van der Waals surface area contributed by atoms with Crippen LogP contribution in [0, 0.1) is 11.3 Å². The van der Waals surface area contributed by atoms with Gasteiger partial charge in [0.2, 0.25) is 10.0 Å². The van der Waals surface area contributed by atoms with E-state index in [-0.39, 0.29) is 11.3 Å². The molecule has 3 rings (SSSR count). The summed E-state index contributed by atoms with van der Waals surface area (Å²) in [6.45, 7) is 0.830. The van der Waals surface area contributed by atoms with Crippen LogP contribution in [0.5, 0.6) is 0 Å². The first-order valence-corrected chi connectivity index (χ1v) is 8.08. The fourth-order valence-corrected chi connectivity index (χ4v) is 3.89. The second-order valence-electron chi connectivity index (χ2n) is 5.02. The molecular weight excluding hydrogens is 284 g/mol. The van der Waals surface area contributed by atoms with Gasteiger partial charge in [0.05, 0.1) is 17.4 Å². The van der Waals surface area contributed by atoms with Crippen LogP contribution in [-0.4, -0.2) is 12.7 Å². The fraction of sp³-hybridized carbons (Fsp3) is 0.188. The van der Waals surface area contributed by atoms with Crippen LogP contribution in [0.3, 0.4) is 0 Å². The zero-order valence-corrected chi connectivity index (χ0v) is 12.2. The summed E-state index contributed by atoms with van der Waals surface area (Å²) in [5.41, 5.74) is 2.94. The molecule has 0 fully saturated rings. The first kappa shape index (κ1) is 13.8. The van der Waals surface area contributed by atoms with Crippen molar-refractivity contribution in [1.82, 2.24) is 4.31 Å². The van der Waals surface area contributed by atoms with Gasteiger partial charge in [0.1, 0.15) is 0 Å². The highest BCUT2D eigenvalue weighted by Gasteiger charge is 2.30. The molecule has 1 heterocycles. The van der Waals surface area contributed by atoms with Crippen LogP contribution < -0.4 is 0 Å². The second kappa shape index (κ2) is 5.32. The molecule has 5 heteroatoms. The smallest absolute Gasteiger partial charge is 0.207 e. The lowest BCUT2D eigenvalue weighted by Crippen LogP contribution is -2.25. The summed E-state index contributed by atoms with van der Waals surface area (Å²) < 4.78 is 26.7. The van der Waals surface area contributed by atoms with Crippen LogP contribution in [0.2, 0.25) is 0 Å². The number of sulfonamides is 1. The molecule has 1 aliphatic rings. The number of benzene rings is 2. The molecule has 0 N–H and O–H groups in total. The molecule has 106 valence electrons. The predicted molar refractivity (Wildman–Crippen MR) is 78.6 cm³/mol. The van der Waals surface area contributed by atoms with E-state index in [1.165, 1.54) is 4.31 Å². The van der Waals surface area contributed by atoms with Crippen LogP contribution >= 0.6 is 0 Å². The maximum absolute atomic E-state index is 12.6. The minimum absolute atomic E-state index is 0.275. The highest BCUT2D eigenvalue weighted by molar-refractivity contribution is 7.89. The fourth-order valence-electron chi connectivity index (χ4n) is 2.49. The lowest BCUT2D eigenvalue weighted by Gasteiger charge is -2.15. The number of fused-ring (bicyclic) bond motifs is 1. The molecule has 0 unspecified atom stereocenters. The molecule has 21 heavy (non-hydrogen) atoms. The van der Waals surface area contributed by atoms with Gasteiger partial charge in [-0.2, -0.15) is 9.57 Å². The number of rotatable bonds is 3. The minimum atomic E-state index is -3.49. The van der Waals surface area contributed by atoms with Gasteiger partial charge in [0.15, 0.2) is 0 Å². The SMILES string of the molecule is N#CCc1ccc(S(=O)(=O)N2Cc3ccccc3C2)cc1. The zero-order valence-electron chi connectivity index (χ0n) is 11.4. The zero-order chi connectivity index (χ0) is 14.9. The molecule has 0 amide bonds. The van der Waals surface area contributed by atoms with Gasteiger partial charge in [0, 0.05) is 13.1 Å². The van der Waals surface area contributed by atoms with Gasteiger partial charge in [-0.05, 0) is 28.8 Å². The Balaban J connectivity index is 1.87. The van der Waals surface area contributed by atoms with E-state index in [0.29, 0.717) is 13.1 Å². The summed E-state index contributed by atoms with van der Waals surface area (Å²) >= 11 is 0. The molecule has 0 saturated heterocycles. The minimum Gasteiger partial charge on any atom is -0.207 e. The van der Waals surface area contributed by atoms with E-state index < -0.39 is 10.0 Å². The Kier molecular flexibility index (Phi) is 3.50. The van der Waals surface area contributed by atoms with Crippen molar-refractivity contribution in [3.05, 3.63) is 65.2 Å². The molecule has 0 saturated carbocycles. The van der Waals surface area contributed by atoms with Gasteiger partial charge in [-0.1, -0.05) is 36.4 Å². The largest absolute Gasteiger partial charge is 0.243 e. The van der Waals surface area contributed by atoms with E-state index in [1.54, 1.807) is 24.3 Å². The average Bonchev–Trinajstić information content (AvgIpc) is 2.93. The molecule has 0 spiro atoms. The molecule has 0 aromatic heterocycles. The van der Waals surface area contributed by atoms with Crippen LogP contribution in [0.4, 0.5) is 0 Å². The van der Waals surface area contributed by atoms with Crippen molar-refractivity contribution in [1.29, 1.82) is 5.26 Å². The first-order chi connectivity index (χ1) is 10.1. The Morgan fingerprint density at radius 3 is 2.10 bits per heavy atom. The van der Waals surface area contributed by atoms with Crippen molar-refractivity contribution in [2.45, 2.75) is 24.4 Å². The first-order valence-electron chi connectivity index (χ1n) is 6.64. The molecule has 0 aliphatic carbocycles. The normalized spacial score (nSPS) is 14.6. The van der Waals surface area contributed by atoms with E-state index in [2.05, 4.69) is 0 Å². The molecule has 4 nitrogen and oxygen atoms in total. The summed E-state index contributed by atoms with van der Waals surface area (Å²) in [5, 5.41) is 8.65. The highest BCUT2D eigenvalue weighted by Crippen LogP contribution is 2.28. The van der Waals surface area contributed by atoms with Crippen molar-refractivity contribution < 1.29 is 8.42 Å². The molecule has 1 aliphatic heterocycles. The molecule has 2 aromatic rings. The van der Waals surface area contributed by atoms with Crippen LogP contribution in [-0.2, 0) is 29.5 Å². The van der Waals surface area contributed by atoms with Crippen molar-refractivity contribution in [2.75, 3.05) is 0 Å². The lowest BCUT2D eigenvalue weighted by atomic mass is 10.1. The molecule has 2 aromatic carbocycles. The summed E-state index contributed by atoms with van der Waals surface area (Å²) in [6, 6.07) is 16.3. The quantitative estimate of drug-likeness (QED) is 0.874. The third-order valence-electron chi connectivity index (χ3n) is 3.66. The van der Waals surface area contributed by atoms with Crippen molar-refractivity contribution >= 4 is 10.0 Å². The highest BCUT2D eigenvalue weighted by atomic mass is 32.2. The van der Waals surface area contributed by atoms with Crippen LogP contribution in [0.15, 0.2) is 53.4 Å². The topological polar surface area (TPSA) is 61.2 Å². The Morgan fingerprint density at radius 2 is 1.57 bits per heavy atom. The Bertz CT molecular complexity index is 780. The van der Waals surface area contributed by atoms with E-state index in [9.17, 15) is 8.42 Å². The van der Waals surface area contributed by atoms with E-state index in [1.807, 2.05) is 30.3 Å². The van der Waals surface area contributed by atoms with E-state index in [4.69, 9.17) is 5.26 Å². The number of nitriles is 1. The Hall–Kier alpha value is -2.16. The predicted octanol–water partition coefficient (Wildman–Crippen LogP) is 2.46. The van der Waals surface area contributed by atoms with Gasteiger partial charge < -0.3 is 0 Å². The summed E-state index contributed by atoms with van der Waals surface area (Å²) in [6.07, 6.45) is 0.287. The Labute approximate surface area is 124 Å². The van der Waals surface area contributed by atoms with Gasteiger partial charge in [-0.25, -0.2) is 8.42 Å². The maximum Gasteiger partial charge on any atom is 0.243 e. The van der Waals surface area contributed by atoms with Crippen molar-refractivity contribution in [3.8, 4) is 6.07 Å². The van der Waals surface area contributed by atoms with Gasteiger partial charge in [0.25, 0.3) is 0 Å². The monoisotopic (exact) mass is 298 g/mol. The van der Waals surface area contributed by atoms with E-state index in [0.717, 1.165) is 16.7 Å². The summed E-state index contributed by atoms with van der Waals surface area (Å²) in [5.74, 6) is 0. The number of hydrogen-bond donors (Lipinski definition) is 0. The van der Waals surface area contributed by atoms with E-state index >= 15 is 0 Å². The van der Waals surface area contributed by atoms with Crippen LogP contribution in [0.1, 0.15) is 16.7 Å². The van der Waals surface area contributed by atoms with Gasteiger partial charge >= 0.3 is 0 Å². The van der Waals surface area contributed by atoms with Crippen molar-refractivity contribution in [3.63, 3.8) is 0 Å². The second-order valence-corrected chi connectivity index (χ2v) is 6.96. The van der Waals surface area contributed by atoms with Crippen LogP contribution in [0.25, 0.3) is 0 Å². The third-order valence-corrected chi connectivity index (χ3v) is 5.46. The summed E-state index contributed by atoms with van der Waals surface area (Å²) in [4.78, 5) is 0.275. The van der Waals surface area contributed by atoms with Gasteiger partial charge in [-0.3, -0.25) is 0 Å². The van der Waals surface area contributed by atoms with Gasteiger partial charge in [-0.15, -0.1) is 0 Å². The lowest BCUT2D eigenvalue weighted by molar-refractivity contribution is 0.431. The average molecular weight is 298 g/mol. The molecule has 0 atom stereocenters. The van der Waals surface area contributed by atoms with Crippen molar-refractivity contribution in [2.24, 2.45) is 0 Å². The standard InChI is InChI=1S/C16H14N2O2S/c17-10-9-13-5-7-16(8-6-13)21(19,20)18-11-14-3-1-2-4-15(14)12-18/h1-8H,9,11-12H2. The summed E-state index contributed by atoms with van der Waals surface area (Å²) in [7, 11) is -3.49. The Morgan fingerprint density at radius 1 is 1.00 bits per heavy atom. The number of hydrogen-bond acceptors (Lipinski definition) is 3.